The van der Waals surface area contributed by atoms with Crippen molar-refractivity contribution in [1.29, 1.82) is 0 Å². The van der Waals surface area contributed by atoms with Crippen molar-refractivity contribution in [2.45, 2.75) is 209 Å². The zero-order chi connectivity index (χ0) is 107. The van der Waals surface area contributed by atoms with Crippen LogP contribution in [0, 0.1) is 0 Å². The van der Waals surface area contributed by atoms with E-state index in [1.54, 1.807) is 9.13 Å². The predicted octanol–water partition coefficient (Wildman–Crippen LogP) is 37.4. The van der Waals surface area contributed by atoms with E-state index >= 15 is 0 Å². The molecule has 0 aliphatic heterocycles. The summed E-state index contributed by atoms with van der Waals surface area (Å²) in [5.41, 5.74) is 30.2. The molecule has 6 heteroatoms. The van der Waals surface area contributed by atoms with E-state index in [2.05, 4.69) is 425 Å². The highest BCUT2D eigenvalue weighted by atomic mass is 15.0. The molecular weight excluding hydrogens is 1690 g/mol. The summed E-state index contributed by atoms with van der Waals surface area (Å²) in [4.78, 5) is 0. The summed E-state index contributed by atoms with van der Waals surface area (Å²) in [7, 11) is 0. The lowest BCUT2D eigenvalue weighted by Gasteiger charge is -2.33. The first-order chi connectivity index (χ1) is 70.8. The van der Waals surface area contributed by atoms with Gasteiger partial charge in [0.25, 0.3) is 0 Å². The molecule has 17 aromatic carbocycles. The van der Waals surface area contributed by atoms with Gasteiger partial charge in [-0.25, -0.2) is 0 Å². The smallest absolute Gasteiger partial charge is 0.0645 e. The molecule has 0 fully saturated rings. The fourth-order valence-electron chi connectivity index (χ4n) is 21.7. The molecule has 0 saturated heterocycles. The zero-order valence-corrected chi connectivity index (χ0v) is 85.7. The second kappa shape index (κ2) is 34.8. The fraction of sp³-hybridized carbons (Fsp3) is 0.239. The van der Waals surface area contributed by atoms with Gasteiger partial charge in [-0.05, 0) is 197 Å². The summed E-state index contributed by atoms with van der Waals surface area (Å²) in [6.45, 7) is 54.8. The molecule has 0 aliphatic carbocycles. The van der Waals surface area contributed by atoms with Crippen molar-refractivity contribution in [2.75, 3.05) is 0 Å². The average molecular weight is 1840 g/mol. The first-order valence-corrected chi connectivity index (χ1v) is 49.5. The molecule has 0 spiro atoms. The molecular formula is C134H134N6. The van der Waals surface area contributed by atoms with Gasteiger partial charge in [-0.15, -0.1) is 0 Å². The van der Waals surface area contributed by atoms with Crippen LogP contribution in [0.5, 0.6) is 0 Å². The van der Waals surface area contributed by atoms with Crippen LogP contribution in [0.2, 0.25) is 0 Å². The van der Waals surface area contributed by atoms with Gasteiger partial charge in [-0.1, -0.05) is 427 Å². The molecule has 6 aromatic heterocycles. The molecule has 0 bridgehead atoms. The maximum atomic E-state index is 8.93. The lowest BCUT2D eigenvalue weighted by atomic mass is 9.74. The van der Waals surface area contributed by atoms with Gasteiger partial charge < -0.3 is 27.4 Å². The van der Waals surface area contributed by atoms with Crippen LogP contribution in [-0.2, 0) is 43.3 Å². The molecule has 0 atom stereocenters. The van der Waals surface area contributed by atoms with Gasteiger partial charge in [0.15, 0.2) is 0 Å². The lowest BCUT2D eigenvalue weighted by molar-refractivity contribution is 0.528. The number of nitrogens with zero attached hydrogens (tertiary/aromatic N) is 6. The summed E-state index contributed by atoms with van der Waals surface area (Å²) in [6, 6.07) is 109. The highest BCUT2D eigenvalue weighted by Gasteiger charge is 2.36. The molecule has 6 heterocycles. The minimum absolute atomic E-state index is 0.00696. The Bertz CT molecular complexity index is 8980. The van der Waals surface area contributed by atoms with Crippen LogP contribution in [0.15, 0.2) is 376 Å². The van der Waals surface area contributed by atoms with Crippen molar-refractivity contribution >= 4 is 131 Å². The van der Waals surface area contributed by atoms with E-state index in [1.807, 2.05) is 75.4 Å². The summed E-state index contributed by atoms with van der Waals surface area (Å²) in [5, 5.41) is 13.7. The molecule has 23 aromatic rings. The Kier molecular flexibility index (Phi) is 20.3. The molecule has 0 aliphatic rings. The van der Waals surface area contributed by atoms with E-state index in [9.17, 15) is 0 Å². The first kappa shape index (κ1) is 81.5. The largest absolute Gasteiger partial charge is 0.309 e. The number of aromatic nitrogens is 6. The lowest BCUT2D eigenvalue weighted by Crippen LogP contribution is -2.24. The quantitative estimate of drug-likeness (QED) is 0.152. The summed E-state index contributed by atoms with van der Waals surface area (Å²) < 4.78 is 99.5. The number of hydrogen-bond donors (Lipinski definition) is 0. The van der Waals surface area contributed by atoms with Gasteiger partial charge in [-0.3, -0.25) is 0 Å². The highest BCUT2D eigenvalue weighted by molar-refractivity contribution is 6.24. The van der Waals surface area contributed by atoms with Crippen LogP contribution in [0.1, 0.15) is 224 Å². The van der Waals surface area contributed by atoms with E-state index in [0.29, 0.717) is 22.1 Å². The Morgan fingerprint density at radius 3 is 0.814 bits per heavy atom. The molecule has 6 nitrogen and oxygen atoms in total. The minimum Gasteiger partial charge on any atom is -0.309 e. The van der Waals surface area contributed by atoms with Crippen LogP contribution in [-0.4, -0.2) is 27.4 Å². The van der Waals surface area contributed by atoms with Gasteiger partial charge >= 0.3 is 0 Å². The number of para-hydroxylation sites is 12. The number of rotatable bonds is 7. The first-order valence-electron chi connectivity index (χ1n) is 54.5. The van der Waals surface area contributed by atoms with Crippen LogP contribution < -0.4 is 0 Å². The van der Waals surface area contributed by atoms with E-state index in [1.165, 1.54) is 160 Å². The number of hydrogen-bond acceptors (Lipinski definition) is 0. The Balaban J connectivity index is 0.000000123. The van der Waals surface area contributed by atoms with Crippen molar-refractivity contribution in [1.82, 2.24) is 27.4 Å². The molecule has 0 unspecified atom stereocenters. The minimum atomic E-state index is -0.656. The van der Waals surface area contributed by atoms with Crippen molar-refractivity contribution in [2.24, 2.45) is 0 Å². The molecule has 0 radical (unpaired) electrons. The third-order valence-corrected chi connectivity index (χ3v) is 28.1. The third kappa shape index (κ3) is 16.5. The van der Waals surface area contributed by atoms with Gasteiger partial charge in [0.05, 0.1) is 85.6 Å². The Morgan fingerprint density at radius 2 is 0.464 bits per heavy atom. The summed E-state index contributed by atoms with van der Waals surface area (Å²) >= 11 is 0. The molecule has 0 saturated carbocycles. The average Bonchev–Trinajstić information content (AvgIpc) is 1.52. The van der Waals surface area contributed by atoms with Gasteiger partial charge in [0, 0.05) is 110 Å². The normalized spacial score (nSPS) is 13.7. The van der Waals surface area contributed by atoms with E-state index < -0.39 is 41.7 Å². The molecule has 140 heavy (non-hydrogen) atoms. The fourth-order valence-corrected chi connectivity index (χ4v) is 21.7. The Hall–Kier alpha value is -14.5. The number of fused-ring (bicyclic) bond motifs is 18. The van der Waals surface area contributed by atoms with Crippen molar-refractivity contribution in [3.63, 3.8) is 0 Å². The van der Waals surface area contributed by atoms with Crippen LogP contribution >= 0.6 is 0 Å². The predicted molar refractivity (Wildman–Crippen MR) is 607 cm³/mol. The molecule has 700 valence electrons. The van der Waals surface area contributed by atoms with E-state index in [4.69, 9.17) is 13.7 Å². The van der Waals surface area contributed by atoms with Gasteiger partial charge in [0.2, 0.25) is 0 Å². The maximum absolute atomic E-state index is 8.93. The van der Waals surface area contributed by atoms with E-state index in [-0.39, 0.29) is 73.4 Å². The second-order valence-electron chi connectivity index (χ2n) is 46.3. The molecule has 23 rings (SSSR count). The Labute approximate surface area is 841 Å². The summed E-state index contributed by atoms with van der Waals surface area (Å²) in [6.07, 6.45) is 0. The summed E-state index contributed by atoms with van der Waals surface area (Å²) in [5.74, 6) is 0. The van der Waals surface area contributed by atoms with Gasteiger partial charge in [-0.2, -0.15) is 0 Å². The standard InChI is InChI=1S/C40H49N.2C34H28N2.C26H29N/c1-37(2,3)27-23-26(24-28(25-27)38(4,5)6)29-18-15-19-31-30-17-13-14-21-33(30)41(36(29)31)34-22-16-20-32(39(7,8)9)35(34)40(10,11)12;2*1-34(2,3)31-32-27(25-18-10-12-20-29(25)35(32)23-14-6-4-7-15-23)22-28-26-19-11-13-21-30(26)36(33(28)31)24-16-8-5-9-17-24;1-25(2,3)18-14-16-19(17-15-18)27-23-13-8-7-10-20(23)21-11-9-12-22(24(21)27)26(4,5)6/h13-25H,1-12H3;2*4-22H,1-3H3;7-17H,1-6H3/i;4D,5D,6D,7D,8D,9D,14D,15D,16D,17D;;. The topological polar surface area (TPSA) is 29.6 Å². The number of benzene rings is 17. The highest BCUT2D eigenvalue weighted by Crippen LogP contribution is 2.52. The molecule has 0 N–H and O–H groups in total. The van der Waals surface area contributed by atoms with E-state index in [0.717, 1.165) is 27.1 Å². The van der Waals surface area contributed by atoms with Crippen LogP contribution in [0.3, 0.4) is 0 Å². The maximum Gasteiger partial charge on any atom is 0.0645 e. The zero-order valence-electron chi connectivity index (χ0n) is 95.7. The van der Waals surface area contributed by atoms with Crippen molar-refractivity contribution in [3.05, 3.63) is 420 Å². The SMILES string of the molecule is CC(C)(C)c1c2c(cc3c4ccccc4n(-c4ccccc4)c13)c1ccccc1n2-c1ccccc1.CC(C)(C)c1cc(-c2cccc3c4ccccc4n(-c4cccc(C(C)(C)C)c4C(C)(C)C)c23)cc(C(C)(C)C)c1.CC(C)(C)c1ccc(-n2c3ccccc3c3cccc(C(C)(C)C)c32)cc1.[2H]c1c([2H])c([2H])c(-n2c3ccccc3c3cc4c5ccccc5n(-c5c([2H])c([2H])c([2H])c([2H])c5[2H])c4c(C(C)(C)C)c32)c([2H])c1[2H]. The monoisotopic (exact) mass is 1840 g/mol. The third-order valence-electron chi connectivity index (χ3n) is 28.1. The Morgan fingerprint density at radius 1 is 0.179 bits per heavy atom. The second-order valence-corrected chi connectivity index (χ2v) is 46.3. The molecule has 0 amide bonds. The van der Waals surface area contributed by atoms with Crippen LogP contribution in [0.25, 0.3) is 176 Å². The van der Waals surface area contributed by atoms with Crippen LogP contribution in [0.4, 0.5) is 0 Å². The van der Waals surface area contributed by atoms with Crippen molar-refractivity contribution in [3.8, 4) is 45.3 Å². The van der Waals surface area contributed by atoms with Crippen molar-refractivity contribution < 1.29 is 13.7 Å². The van der Waals surface area contributed by atoms with Gasteiger partial charge in [0.1, 0.15) is 0 Å².